The first-order valence-corrected chi connectivity index (χ1v) is 42.4. The molecule has 6 aliphatic carbocycles. The zero-order valence-electron chi connectivity index (χ0n) is 66.8. The molecule has 0 bridgehead atoms. The van der Waals surface area contributed by atoms with Gasteiger partial charge in [-0.15, -0.1) is 0 Å². The van der Waals surface area contributed by atoms with Gasteiger partial charge in [0.2, 0.25) is 0 Å². The molecule has 4 aromatic heterocycles. The molecule has 18 aromatic carbocycles. The van der Waals surface area contributed by atoms with Crippen LogP contribution in [0.1, 0.15) is 94.5 Å². The Kier molecular flexibility index (Phi) is 12.6. The first-order valence-electron chi connectivity index (χ1n) is 42.4. The minimum absolute atomic E-state index is 0.449. The van der Waals surface area contributed by atoms with Gasteiger partial charge in [0.05, 0.1) is 21.9 Å². The Labute approximate surface area is 697 Å². The number of hydrogen-bond donors (Lipinski definition) is 0. The van der Waals surface area contributed by atoms with E-state index in [1.54, 1.807) is 0 Å². The average molecular weight is 1540 g/mol. The molecule has 5 nitrogen and oxygen atoms in total. The summed E-state index contributed by atoms with van der Waals surface area (Å²) in [6.45, 7) is 9.78. The summed E-state index contributed by atoms with van der Waals surface area (Å²) in [5, 5.41) is 9.25. The van der Waals surface area contributed by atoms with Crippen molar-refractivity contribution in [3.8, 4) is 94.7 Å². The van der Waals surface area contributed by atoms with Crippen LogP contribution in [0, 0.1) is 0 Å². The van der Waals surface area contributed by atoms with Crippen molar-refractivity contribution in [1.29, 1.82) is 0 Å². The van der Waals surface area contributed by atoms with Crippen molar-refractivity contribution in [2.45, 2.75) is 49.4 Å². The van der Waals surface area contributed by atoms with Gasteiger partial charge in [-0.25, -0.2) is 0 Å². The first-order chi connectivity index (χ1) is 59.5. The van der Waals surface area contributed by atoms with Crippen LogP contribution in [0.2, 0.25) is 0 Å². The Balaban J connectivity index is 0.696. The zero-order chi connectivity index (χ0) is 79.4. The van der Waals surface area contributed by atoms with Gasteiger partial charge >= 0.3 is 0 Å². The van der Waals surface area contributed by atoms with Gasteiger partial charge in [0.15, 0.2) is 0 Å². The summed E-state index contributed by atoms with van der Waals surface area (Å²) in [6, 6.07) is 138. The molecule has 0 N–H and O–H groups in total. The monoisotopic (exact) mass is 1540 g/mol. The Morgan fingerprint density at radius 2 is 0.620 bits per heavy atom. The maximum Gasteiger partial charge on any atom is 0.143 e. The molecule has 0 aliphatic heterocycles. The third-order valence-corrected chi connectivity index (χ3v) is 29.2. The van der Waals surface area contributed by atoms with Crippen LogP contribution in [0.15, 0.2) is 377 Å². The summed E-state index contributed by atoms with van der Waals surface area (Å²) in [6.07, 6.45) is 0. The number of fused-ring (bicyclic) bond motifs is 41. The largest absolute Gasteiger partial charge is 0.456 e. The van der Waals surface area contributed by atoms with Gasteiger partial charge in [0, 0.05) is 87.8 Å². The number of rotatable bonds is 6. The lowest BCUT2D eigenvalue weighted by atomic mass is 9.68. The molecule has 121 heavy (non-hydrogen) atoms. The van der Waals surface area contributed by atoms with E-state index in [4.69, 9.17) is 13.3 Å². The van der Waals surface area contributed by atoms with E-state index in [1.165, 1.54) is 150 Å². The molecule has 6 aliphatic rings. The highest BCUT2D eigenvalue weighted by molar-refractivity contribution is 6.22. The van der Waals surface area contributed by atoms with Gasteiger partial charge in [-0.3, -0.25) is 0 Å². The lowest BCUT2D eigenvalue weighted by Gasteiger charge is -2.33. The fourth-order valence-corrected chi connectivity index (χ4v) is 24.1. The van der Waals surface area contributed by atoms with Gasteiger partial charge in [-0.1, -0.05) is 282 Å². The fraction of sp³-hybridized carbons (Fsp3) is 0.0690. The van der Waals surface area contributed by atoms with E-state index in [-0.39, 0.29) is 0 Å². The maximum atomic E-state index is 7.29. The zero-order valence-corrected chi connectivity index (χ0v) is 66.8. The molecule has 5 heteroatoms. The predicted octanol–water partition coefficient (Wildman–Crippen LogP) is 30.6. The van der Waals surface area contributed by atoms with Crippen LogP contribution < -0.4 is 4.90 Å². The SMILES string of the molecule is CC1(C)c2cc(N(c3ccc4c(c3)C(C)(C)c3cc(-c5ccc6c7ccccc7n(-c7ccccc7)c6c5)c5oc6ccccc6c5c3-4)c3ccc4c(c3)C3(c5ccccc5-c5ccccc53)c3cc5c(cc3-4)C3(c4ccccc4-c4ccccc43)c3ccc4oc6ccccc6c4c3-5)ccc2-c2c1cc(-c1ccccc1)c1oc3ccccc3c21. The van der Waals surface area contributed by atoms with Crippen molar-refractivity contribution in [3.63, 3.8) is 0 Å². The van der Waals surface area contributed by atoms with E-state index >= 15 is 0 Å². The summed E-state index contributed by atoms with van der Waals surface area (Å²) in [4.78, 5) is 2.61. The van der Waals surface area contributed by atoms with Crippen LogP contribution in [0.3, 0.4) is 0 Å². The Morgan fingerprint density at radius 1 is 0.223 bits per heavy atom. The van der Waals surface area contributed by atoms with E-state index in [0.717, 1.165) is 116 Å². The fourth-order valence-electron chi connectivity index (χ4n) is 24.1. The maximum absolute atomic E-state index is 7.29. The summed E-state index contributed by atoms with van der Waals surface area (Å²) < 4.78 is 23.7. The minimum atomic E-state index is -0.764. The van der Waals surface area contributed by atoms with Crippen molar-refractivity contribution in [2.24, 2.45) is 0 Å². The lowest BCUT2D eigenvalue weighted by Crippen LogP contribution is -2.27. The Bertz CT molecular complexity index is 8390. The smallest absolute Gasteiger partial charge is 0.143 e. The number of para-hydroxylation sites is 5. The minimum Gasteiger partial charge on any atom is -0.456 e. The molecule has 0 radical (unpaired) electrons. The van der Waals surface area contributed by atoms with Gasteiger partial charge in [0.1, 0.15) is 33.5 Å². The molecular weight excluding hydrogens is 1470 g/mol. The van der Waals surface area contributed by atoms with Crippen LogP contribution in [0.5, 0.6) is 0 Å². The number of furan rings is 3. The first kappa shape index (κ1) is 66.0. The van der Waals surface area contributed by atoms with Crippen molar-refractivity contribution in [1.82, 2.24) is 4.57 Å². The molecule has 0 fully saturated rings. The number of anilines is 3. The van der Waals surface area contributed by atoms with Crippen LogP contribution in [0.4, 0.5) is 17.1 Å². The van der Waals surface area contributed by atoms with Gasteiger partial charge in [-0.05, 0) is 254 Å². The number of nitrogens with zero attached hydrogens (tertiary/aromatic N) is 2. The second-order valence-corrected chi connectivity index (χ2v) is 35.4. The number of benzene rings is 18. The summed E-state index contributed by atoms with van der Waals surface area (Å²) in [5.41, 5.74) is 44.4. The van der Waals surface area contributed by atoms with E-state index in [2.05, 4.69) is 401 Å². The van der Waals surface area contributed by atoms with E-state index < -0.39 is 21.7 Å². The van der Waals surface area contributed by atoms with Crippen LogP contribution >= 0.6 is 0 Å². The predicted molar refractivity (Wildman–Crippen MR) is 496 cm³/mol. The highest BCUT2D eigenvalue weighted by atomic mass is 16.3. The molecule has 4 heterocycles. The van der Waals surface area contributed by atoms with E-state index in [1.807, 2.05) is 0 Å². The molecule has 0 amide bonds. The third kappa shape index (κ3) is 8.13. The number of hydrogen-bond acceptors (Lipinski definition) is 4. The molecule has 0 saturated carbocycles. The van der Waals surface area contributed by atoms with Crippen molar-refractivity contribution in [2.75, 3.05) is 4.90 Å². The second kappa shape index (κ2) is 23.0. The second-order valence-electron chi connectivity index (χ2n) is 35.4. The van der Waals surface area contributed by atoms with Crippen LogP contribution in [-0.4, -0.2) is 4.57 Å². The third-order valence-electron chi connectivity index (χ3n) is 29.2. The molecule has 0 saturated heterocycles. The topological polar surface area (TPSA) is 47.6 Å². The number of aromatic nitrogens is 1. The van der Waals surface area contributed by atoms with E-state index in [9.17, 15) is 0 Å². The van der Waals surface area contributed by atoms with Gasteiger partial charge < -0.3 is 22.7 Å². The molecule has 2 spiro atoms. The van der Waals surface area contributed by atoms with Gasteiger partial charge in [-0.2, -0.15) is 0 Å². The Hall–Kier alpha value is -15.0. The molecule has 22 aromatic rings. The summed E-state index contributed by atoms with van der Waals surface area (Å²) in [5.74, 6) is 0. The Morgan fingerprint density at radius 3 is 1.18 bits per heavy atom. The normalized spacial score (nSPS) is 14.9. The van der Waals surface area contributed by atoms with Crippen molar-refractivity contribution < 1.29 is 13.3 Å². The summed E-state index contributed by atoms with van der Waals surface area (Å²) in [7, 11) is 0. The van der Waals surface area contributed by atoms with E-state index in [0.29, 0.717) is 0 Å². The summed E-state index contributed by atoms with van der Waals surface area (Å²) >= 11 is 0. The van der Waals surface area contributed by atoms with Crippen molar-refractivity contribution >= 4 is 105 Å². The standard InChI is InChI=1S/C116H72N2O3/c1-113(2)92-58-68(49-53-78(92)105-97(113)61-83(65-27-7-5-8-28-65)111-109(105)81-37-17-25-45-102(81)120-111)117(69-50-54-79-93(59-69)114(3,4)98-62-84(112-110(106(79)98)82-38-18-26-46-103(82)121-112)66-47-51-77-76-35-15-23-43-99(76)118(100(77)57-66)67-29-9-6-10-30-67)70-48-52-75-85-63-96-86(64-95(85)116(94(75)60-70)89-41-21-13-33-73(89)74-34-14-22-42-90(74)116)107-91(55-56-104-108(107)80-36-16-24-44-101(80)119-104)115(96)87-39-19-11-31-71(87)72-32-12-20-40-88(72)115/h5-64H,1-4H3. The molecule has 28 rings (SSSR count). The van der Waals surface area contributed by atoms with Gasteiger partial charge in [0.25, 0.3) is 0 Å². The van der Waals surface area contributed by atoms with Crippen LogP contribution in [0.25, 0.3) is 182 Å². The average Bonchev–Trinajstić information content (AvgIpc) is 1.48. The molecule has 0 atom stereocenters. The highest BCUT2D eigenvalue weighted by Gasteiger charge is 2.57. The van der Waals surface area contributed by atoms with Crippen molar-refractivity contribution in [3.05, 3.63) is 431 Å². The molecule has 0 unspecified atom stereocenters. The molecular formula is C116H72N2O3. The lowest BCUT2D eigenvalue weighted by molar-refractivity contribution is 0.657. The quantitative estimate of drug-likeness (QED) is 0.166. The molecule has 564 valence electrons. The highest BCUT2D eigenvalue weighted by Crippen LogP contribution is 2.70. The van der Waals surface area contributed by atoms with Crippen LogP contribution in [-0.2, 0) is 21.7 Å².